The topological polar surface area (TPSA) is 119 Å². The highest BCUT2D eigenvalue weighted by molar-refractivity contribution is 7.46. The Kier molecular flexibility index (Phi) is 22.0. The Bertz CT molecular complexity index is 641. The number of ether oxygens (including phenoxy) is 2. The summed E-state index contributed by atoms with van der Waals surface area (Å²) in [6, 6.07) is 0. The minimum atomic E-state index is -4.71. The van der Waals surface area contributed by atoms with Gasteiger partial charge < -0.3 is 19.3 Å². The quantitative estimate of drug-likeness (QED) is 0.0676. The van der Waals surface area contributed by atoms with Gasteiger partial charge in [-0.25, -0.2) is 4.57 Å². The van der Waals surface area contributed by atoms with Crippen LogP contribution in [-0.2, 0) is 28.2 Å². The molecule has 9 heteroatoms. The lowest BCUT2D eigenvalue weighted by atomic mass is 10.1. The van der Waals surface area contributed by atoms with Crippen molar-refractivity contribution < 1.29 is 37.9 Å². The highest BCUT2D eigenvalue weighted by Gasteiger charge is 2.22. The van der Waals surface area contributed by atoms with Gasteiger partial charge in [0.1, 0.15) is 6.61 Å². The van der Waals surface area contributed by atoms with Gasteiger partial charge in [-0.1, -0.05) is 82.6 Å². The molecule has 0 aliphatic carbocycles. The summed E-state index contributed by atoms with van der Waals surface area (Å²) in [6.07, 6.45) is 24.2. The maximum atomic E-state index is 12.0. The van der Waals surface area contributed by atoms with Gasteiger partial charge in [0.15, 0.2) is 6.10 Å². The first-order valence-electron chi connectivity index (χ1n) is 13.1. The minimum Gasteiger partial charge on any atom is -0.462 e. The van der Waals surface area contributed by atoms with Crippen molar-refractivity contribution in [3.63, 3.8) is 0 Å². The van der Waals surface area contributed by atoms with Gasteiger partial charge in [0, 0.05) is 13.3 Å². The third-order valence-electron chi connectivity index (χ3n) is 5.28. The molecule has 0 aliphatic heterocycles. The van der Waals surface area contributed by atoms with E-state index in [1.165, 1.54) is 58.3 Å². The summed E-state index contributed by atoms with van der Waals surface area (Å²) in [5, 5.41) is 0. The summed E-state index contributed by atoms with van der Waals surface area (Å²) < 4.78 is 25.1. The van der Waals surface area contributed by atoms with E-state index < -0.39 is 32.5 Å². The number of unbranched alkanes of at least 4 members (excludes halogenated alkanes) is 11. The molecule has 2 N–H and O–H groups in total. The largest absolute Gasteiger partial charge is 0.469 e. The number of esters is 2. The molecule has 0 heterocycles. The molecule has 0 aromatic rings. The zero-order valence-corrected chi connectivity index (χ0v) is 22.6. The Morgan fingerprint density at radius 3 is 1.89 bits per heavy atom. The molecule has 0 aromatic carbocycles. The summed E-state index contributed by atoms with van der Waals surface area (Å²) in [6.45, 7) is 2.56. The maximum absolute atomic E-state index is 12.0. The third-order valence-corrected chi connectivity index (χ3v) is 5.77. The molecule has 0 saturated heterocycles. The Morgan fingerprint density at radius 2 is 1.34 bits per heavy atom. The van der Waals surface area contributed by atoms with Crippen LogP contribution >= 0.6 is 7.82 Å². The molecule has 0 aromatic heterocycles. The molecule has 0 fully saturated rings. The number of phosphoric acid groups is 1. The lowest BCUT2D eigenvalue weighted by Crippen LogP contribution is -2.29. The van der Waals surface area contributed by atoms with Crippen LogP contribution in [0.4, 0.5) is 0 Å². The number of allylic oxidation sites excluding steroid dienone is 4. The second-order valence-electron chi connectivity index (χ2n) is 8.74. The molecule has 0 aliphatic rings. The first-order chi connectivity index (χ1) is 16.7. The van der Waals surface area contributed by atoms with E-state index in [9.17, 15) is 14.2 Å². The fourth-order valence-corrected chi connectivity index (χ4v) is 3.72. The van der Waals surface area contributed by atoms with E-state index >= 15 is 0 Å². The van der Waals surface area contributed by atoms with Gasteiger partial charge in [0.25, 0.3) is 0 Å². The van der Waals surface area contributed by atoms with Crippen molar-refractivity contribution in [1.82, 2.24) is 0 Å². The highest BCUT2D eigenvalue weighted by Crippen LogP contribution is 2.35. The molecule has 0 rings (SSSR count). The van der Waals surface area contributed by atoms with E-state index in [0.717, 1.165) is 32.1 Å². The number of hydrogen-bond donors (Lipinski definition) is 2. The van der Waals surface area contributed by atoms with Crippen LogP contribution in [0.25, 0.3) is 0 Å². The van der Waals surface area contributed by atoms with Crippen molar-refractivity contribution in [2.45, 2.75) is 116 Å². The SMILES string of the molecule is CCCCCC/C=C\C/C=C\CCCCCCCCCC(=O)OC(COC(C)=O)COP(=O)(O)O. The monoisotopic (exact) mass is 518 g/mol. The Balaban J connectivity index is 3.70. The Labute approximate surface area is 211 Å². The summed E-state index contributed by atoms with van der Waals surface area (Å²) in [5.41, 5.74) is 0. The fourth-order valence-electron chi connectivity index (χ4n) is 3.36. The van der Waals surface area contributed by atoms with Crippen LogP contribution in [0.2, 0.25) is 0 Å². The molecule has 0 radical (unpaired) electrons. The van der Waals surface area contributed by atoms with Crippen molar-refractivity contribution in [3.05, 3.63) is 24.3 Å². The highest BCUT2D eigenvalue weighted by atomic mass is 31.2. The zero-order chi connectivity index (χ0) is 26.2. The second-order valence-corrected chi connectivity index (χ2v) is 9.98. The average Bonchev–Trinajstić information content (AvgIpc) is 2.79. The van der Waals surface area contributed by atoms with E-state index in [-0.39, 0.29) is 13.0 Å². The molecule has 35 heavy (non-hydrogen) atoms. The Morgan fingerprint density at radius 1 is 0.800 bits per heavy atom. The molecular weight excluding hydrogens is 471 g/mol. The minimum absolute atomic E-state index is 0.199. The van der Waals surface area contributed by atoms with Crippen LogP contribution in [0.3, 0.4) is 0 Å². The predicted molar refractivity (Wildman–Crippen MR) is 138 cm³/mol. The fraction of sp³-hybridized carbons (Fsp3) is 0.769. The number of hydrogen-bond acceptors (Lipinski definition) is 6. The number of rotatable bonds is 23. The summed E-state index contributed by atoms with van der Waals surface area (Å²) in [4.78, 5) is 40.5. The van der Waals surface area contributed by atoms with Crippen LogP contribution in [0.15, 0.2) is 24.3 Å². The van der Waals surface area contributed by atoms with Crippen molar-refractivity contribution in [1.29, 1.82) is 0 Å². The number of carbonyl (C=O) groups excluding carboxylic acids is 2. The molecule has 1 unspecified atom stereocenters. The molecule has 1 atom stereocenters. The van der Waals surface area contributed by atoms with E-state index in [1.54, 1.807) is 0 Å². The summed E-state index contributed by atoms with van der Waals surface area (Å²) in [7, 11) is -4.71. The van der Waals surface area contributed by atoms with Gasteiger partial charge in [0.2, 0.25) is 0 Å². The van der Waals surface area contributed by atoms with Crippen LogP contribution < -0.4 is 0 Å². The molecule has 0 spiro atoms. The van der Waals surface area contributed by atoms with Gasteiger partial charge in [-0.15, -0.1) is 0 Å². The van der Waals surface area contributed by atoms with E-state index in [4.69, 9.17) is 19.3 Å². The van der Waals surface area contributed by atoms with Gasteiger partial charge >= 0.3 is 19.8 Å². The van der Waals surface area contributed by atoms with Crippen molar-refractivity contribution in [2.75, 3.05) is 13.2 Å². The van der Waals surface area contributed by atoms with Crippen LogP contribution in [0, 0.1) is 0 Å². The van der Waals surface area contributed by atoms with Gasteiger partial charge in [-0.3, -0.25) is 14.1 Å². The van der Waals surface area contributed by atoms with Gasteiger partial charge in [-0.2, -0.15) is 0 Å². The zero-order valence-electron chi connectivity index (χ0n) is 21.7. The van der Waals surface area contributed by atoms with Crippen molar-refractivity contribution in [2.24, 2.45) is 0 Å². The summed E-state index contributed by atoms with van der Waals surface area (Å²) in [5.74, 6) is -1.09. The van der Waals surface area contributed by atoms with Crippen LogP contribution in [0.5, 0.6) is 0 Å². The average molecular weight is 519 g/mol. The van der Waals surface area contributed by atoms with E-state index in [0.29, 0.717) is 6.42 Å². The standard InChI is InChI=1S/C26H47O8P/c1-3-4-5-6-7-8-9-10-11-12-13-14-15-16-17-18-19-20-21-26(28)34-25(22-32-24(2)27)23-33-35(29,30)31/h8-9,11-12,25H,3-7,10,13-23H2,1-2H3,(H2,29,30,31)/b9-8-,12-11-. The second kappa shape index (κ2) is 23.0. The molecule has 0 saturated carbocycles. The normalized spacial score (nSPS) is 12.9. The maximum Gasteiger partial charge on any atom is 0.469 e. The lowest BCUT2D eigenvalue weighted by Gasteiger charge is -2.18. The van der Waals surface area contributed by atoms with Crippen molar-refractivity contribution >= 4 is 19.8 Å². The molecule has 8 nitrogen and oxygen atoms in total. The van der Waals surface area contributed by atoms with Crippen molar-refractivity contribution in [3.8, 4) is 0 Å². The smallest absolute Gasteiger partial charge is 0.462 e. The Hall–Kier alpha value is -1.47. The third kappa shape index (κ3) is 27.0. The van der Waals surface area contributed by atoms with Crippen LogP contribution in [-0.4, -0.2) is 41.0 Å². The molecule has 0 amide bonds. The molecular formula is C26H47O8P. The van der Waals surface area contributed by atoms with Gasteiger partial charge in [0.05, 0.1) is 6.61 Å². The van der Waals surface area contributed by atoms with E-state index in [2.05, 4.69) is 35.8 Å². The predicted octanol–water partition coefficient (Wildman–Crippen LogP) is 6.55. The van der Waals surface area contributed by atoms with E-state index in [1.807, 2.05) is 0 Å². The number of carbonyl (C=O) groups is 2. The van der Waals surface area contributed by atoms with Crippen LogP contribution in [0.1, 0.15) is 110 Å². The molecule has 204 valence electrons. The lowest BCUT2D eigenvalue weighted by molar-refractivity contribution is -0.160. The number of phosphoric ester groups is 1. The summed E-state index contributed by atoms with van der Waals surface area (Å²) >= 11 is 0. The first kappa shape index (κ1) is 33.5. The molecule has 0 bridgehead atoms. The van der Waals surface area contributed by atoms with Gasteiger partial charge in [-0.05, 0) is 38.5 Å². The first-order valence-corrected chi connectivity index (χ1v) is 14.6.